The van der Waals surface area contributed by atoms with Crippen LogP contribution >= 0.6 is 0 Å². The highest BCUT2D eigenvalue weighted by molar-refractivity contribution is 5.80. The number of oxazole rings is 1. The highest BCUT2D eigenvalue weighted by Gasteiger charge is 2.40. The van der Waals surface area contributed by atoms with Crippen molar-refractivity contribution < 1.29 is 4.42 Å². The molecule has 166 valence electrons. The molecule has 0 saturated carbocycles. The van der Waals surface area contributed by atoms with Gasteiger partial charge in [-0.3, -0.25) is 9.89 Å². The van der Waals surface area contributed by atoms with Crippen LogP contribution in [0.15, 0.2) is 76.3 Å². The van der Waals surface area contributed by atoms with Crippen molar-refractivity contribution in [3.05, 3.63) is 78.2 Å². The van der Waals surface area contributed by atoms with E-state index in [4.69, 9.17) is 4.42 Å². The van der Waals surface area contributed by atoms with Crippen LogP contribution in [0.25, 0.3) is 11.5 Å². The summed E-state index contributed by atoms with van der Waals surface area (Å²) >= 11 is 0. The summed E-state index contributed by atoms with van der Waals surface area (Å²) in [5, 5.41) is 7.06. The molecule has 3 heterocycles. The number of aromatic nitrogens is 1. The van der Waals surface area contributed by atoms with Crippen molar-refractivity contribution in [3.63, 3.8) is 0 Å². The molecule has 2 aromatic carbocycles. The molecular formula is C26H31N5O. The second kappa shape index (κ2) is 9.57. The molecule has 0 spiro atoms. The van der Waals surface area contributed by atoms with E-state index in [2.05, 4.69) is 55.8 Å². The molecule has 2 saturated heterocycles. The Morgan fingerprint density at radius 3 is 2.41 bits per heavy atom. The van der Waals surface area contributed by atoms with Crippen LogP contribution in [0.3, 0.4) is 0 Å². The molecule has 3 aromatic rings. The summed E-state index contributed by atoms with van der Waals surface area (Å²) in [5.41, 5.74) is 3.26. The summed E-state index contributed by atoms with van der Waals surface area (Å²) in [6.07, 6.45) is 6.62. The Morgan fingerprint density at radius 1 is 1.03 bits per heavy atom. The lowest BCUT2D eigenvalue weighted by molar-refractivity contribution is 0.114. The molecule has 2 fully saturated rings. The number of piperidine rings is 1. The van der Waals surface area contributed by atoms with E-state index in [9.17, 15) is 0 Å². The van der Waals surface area contributed by atoms with Crippen LogP contribution < -0.4 is 10.6 Å². The van der Waals surface area contributed by atoms with E-state index in [1.165, 1.54) is 18.4 Å². The molecule has 2 bridgehead atoms. The Kier molecular flexibility index (Phi) is 6.21. The topological polar surface area (TPSA) is 65.7 Å². The number of hydrogen-bond donors (Lipinski definition) is 2. The quantitative estimate of drug-likeness (QED) is 0.454. The van der Waals surface area contributed by atoms with Crippen LogP contribution in [0, 0.1) is 0 Å². The maximum absolute atomic E-state index is 5.65. The summed E-state index contributed by atoms with van der Waals surface area (Å²) in [7, 11) is 1.83. The fourth-order valence-corrected chi connectivity index (χ4v) is 5.11. The van der Waals surface area contributed by atoms with Gasteiger partial charge in [0, 0.05) is 37.3 Å². The van der Waals surface area contributed by atoms with Crippen LogP contribution in [-0.2, 0) is 13.1 Å². The number of nitrogens with zero attached hydrogens (tertiary/aromatic N) is 3. The predicted molar refractivity (Wildman–Crippen MR) is 127 cm³/mol. The first-order valence-corrected chi connectivity index (χ1v) is 11.5. The van der Waals surface area contributed by atoms with Crippen molar-refractivity contribution in [3.8, 4) is 11.5 Å². The first kappa shape index (κ1) is 20.8. The average molecular weight is 430 g/mol. The van der Waals surface area contributed by atoms with Gasteiger partial charge in [0.2, 0.25) is 5.89 Å². The minimum Gasteiger partial charge on any atom is -0.444 e. The maximum Gasteiger partial charge on any atom is 0.226 e. The van der Waals surface area contributed by atoms with Crippen LogP contribution in [0.2, 0.25) is 0 Å². The third-order valence-corrected chi connectivity index (χ3v) is 6.67. The monoisotopic (exact) mass is 429 g/mol. The molecule has 2 unspecified atom stereocenters. The van der Waals surface area contributed by atoms with Crippen molar-refractivity contribution in [1.82, 2.24) is 20.5 Å². The molecule has 6 heteroatoms. The standard InChI is InChI=1S/C26H31N5O/c1-27-26(28-16-22-18-32-25(29-22)20-10-6-3-7-11-20)30-21-14-23-12-13-24(15-21)31(23)17-19-8-4-2-5-9-19/h2-11,18,21,23-24H,12-17H2,1H3,(H2,27,28,30). The molecule has 6 nitrogen and oxygen atoms in total. The number of nitrogens with one attached hydrogen (secondary N) is 2. The summed E-state index contributed by atoms with van der Waals surface area (Å²) in [4.78, 5) is 11.8. The highest BCUT2D eigenvalue weighted by atomic mass is 16.3. The van der Waals surface area contributed by atoms with E-state index in [0.29, 0.717) is 30.6 Å². The molecular weight excluding hydrogens is 398 g/mol. The molecule has 2 aliphatic heterocycles. The number of hydrogen-bond acceptors (Lipinski definition) is 4. The number of benzene rings is 2. The summed E-state index contributed by atoms with van der Waals surface area (Å²) < 4.78 is 5.65. The van der Waals surface area contributed by atoms with Gasteiger partial charge in [0.25, 0.3) is 0 Å². The zero-order valence-corrected chi connectivity index (χ0v) is 18.6. The smallest absolute Gasteiger partial charge is 0.226 e. The van der Waals surface area contributed by atoms with E-state index >= 15 is 0 Å². The van der Waals surface area contributed by atoms with Gasteiger partial charge in [-0.15, -0.1) is 0 Å². The summed E-state index contributed by atoms with van der Waals surface area (Å²) in [6, 6.07) is 22.6. The summed E-state index contributed by atoms with van der Waals surface area (Å²) in [6.45, 7) is 1.64. The number of aliphatic imine (C=N–C) groups is 1. The molecule has 0 radical (unpaired) electrons. The van der Waals surface area contributed by atoms with Gasteiger partial charge in [-0.25, -0.2) is 4.98 Å². The number of rotatable bonds is 6. The van der Waals surface area contributed by atoms with Gasteiger partial charge in [-0.05, 0) is 43.4 Å². The van der Waals surface area contributed by atoms with Crippen molar-refractivity contribution in [1.29, 1.82) is 0 Å². The maximum atomic E-state index is 5.65. The lowest BCUT2D eigenvalue weighted by Crippen LogP contribution is -2.52. The van der Waals surface area contributed by atoms with Crippen molar-refractivity contribution in [2.75, 3.05) is 7.05 Å². The van der Waals surface area contributed by atoms with Crippen LogP contribution in [0.4, 0.5) is 0 Å². The van der Waals surface area contributed by atoms with Crippen molar-refractivity contribution in [2.24, 2.45) is 4.99 Å². The average Bonchev–Trinajstić information content (AvgIpc) is 3.39. The van der Waals surface area contributed by atoms with Crippen LogP contribution in [-0.4, -0.2) is 41.0 Å². The molecule has 2 atom stereocenters. The minimum atomic E-state index is 0.447. The minimum absolute atomic E-state index is 0.447. The second-order valence-corrected chi connectivity index (χ2v) is 8.79. The van der Waals surface area contributed by atoms with Crippen molar-refractivity contribution in [2.45, 2.75) is 56.9 Å². The Labute approximate surface area is 189 Å². The third-order valence-electron chi connectivity index (χ3n) is 6.67. The van der Waals surface area contributed by atoms with Gasteiger partial charge in [0.1, 0.15) is 6.26 Å². The van der Waals surface area contributed by atoms with Crippen LogP contribution in [0.1, 0.15) is 36.9 Å². The van der Waals surface area contributed by atoms with E-state index < -0.39 is 0 Å². The van der Waals surface area contributed by atoms with Gasteiger partial charge in [-0.2, -0.15) is 0 Å². The molecule has 32 heavy (non-hydrogen) atoms. The predicted octanol–water partition coefficient (Wildman–Crippen LogP) is 4.20. The fourth-order valence-electron chi connectivity index (χ4n) is 5.11. The first-order chi connectivity index (χ1) is 15.8. The Balaban J connectivity index is 1.14. The highest BCUT2D eigenvalue weighted by Crippen LogP contribution is 2.36. The SMILES string of the molecule is CN=C(NCc1coc(-c2ccccc2)n1)NC1CC2CCC(C1)N2Cc1ccccc1. The number of guanidine groups is 1. The van der Waals surface area contributed by atoms with Gasteiger partial charge < -0.3 is 15.1 Å². The zero-order valence-electron chi connectivity index (χ0n) is 18.6. The lowest BCUT2D eigenvalue weighted by Gasteiger charge is -2.39. The van der Waals surface area contributed by atoms with E-state index in [-0.39, 0.29) is 0 Å². The van der Waals surface area contributed by atoms with E-state index in [0.717, 1.165) is 36.6 Å². The molecule has 2 aliphatic rings. The first-order valence-electron chi connectivity index (χ1n) is 11.5. The van der Waals surface area contributed by atoms with Gasteiger partial charge in [-0.1, -0.05) is 48.5 Å². The fraction of sp³-hybridized carbons (Fsp3) is 0.385. The summed E-state index contributed by atoms with van der Waals surface area (Å²) in [5.74, 6) is 1.47. The second-order valence-electron chi connectivity index (χ2n) is 8.79. The van der Waals surface area contributed by atoms with Crippen molar-refractivity contribution >= 4 is 5.96 Å². The van der Waals surface area contributed by atoms with Crippen LogP contribution in [0.5, 0.6) is 0 Å². The van der Waals surface area contributed by atoms with Gasteiger partial charge in [0.15, 0.2) is 5.96 Å². The third kappa shape index (κ3) is 4.70. The molecule has 5 rings (SSSR count). The Morgan fingerprint density at radius 2 is 1.72 bits per heavy atom. The van der Waals surface area contributed by atoms with E-state index in [1.807, 2.05) is 37.4 Å². The zero-order chi connectivity index (χ0) is 21.8. The van der Waals surface area contributed by atoms with Gasteiger partial charge >= 0.3 is 0 Å². The molecule has 0 amide bonds. The number of fused-ring (bicyclic) bond motifs is 2. The largest absolute Gasteiger partial charge is 0.444 e. The van der Waals surface area contributed by atoms with Gasteiger partial charge in [0.05, 0.1) is 12.2 Å². The van der Waals surface area contributed by atoms with E-state index in [1.54, 1.807) is 6.26 Å². The molecule has 2 N–H and O–H groups in total. The Bertz CT molecular complexity index is 1020. The Hall–Kier alpha value is -3.12. The lowest BCUT2D eigenvalue weighted by atomic mass is 9.96. The normalized spacial score (nSPS) is 23.3. The molecule has 1 aromatic heterocycles. The molecule has 0 aliphatic carbocycles.